The van der Waals surface area contributed by atoms with Gasteiger partial charge in [0.25, 0.3) is 0 Å². The van der Waals surface area contributed by atoms with Crippen LogP contribution in [0.4, 0.5) is 18.0 Å². The molecule has 88 valence electrons. The van der Waals surface area contributed by atoms with E-state index in [1.807, 2.05) is 0 Å². The standard InChI is InChI=1S/C8H7F3N2O3/c9-8(10,11)4-3-5(4)16-6-1-2-13(12-6)7(14)15/h1-2,4-5H,3H2,(H,14,15)/t4-,5-/m1/s1. The third-order valence-corrected chi connectivity index (χ3v) is 2.19. The number of nitrogens with zero attached hydrogens (tertiary/aromatic N) is 2. The van der Waals surface area contributed by atoms with Gasteiger partial charge in [-0.15, -0.1) is 5.10 Å². The molecule has 0 aromatic carbocycles. The molecule has 0 radical (unpaired) electrons. The molecule has 0 unspecified atom stereocenters. The van der Waals surface area contributed by atoms with E-state index in [-0.39, 0.29) is 12.3 Å². The molecule has 8 heteroatoms. The van der Waals surface area contributed by atoms with Crippen LogP contribution >= 0.6 is 0 Å². The van der Waals surface area contributed by atoms with E-state index in [4.69, 9.17) is 9.84 Å². The van der Waals surface area contributed by atoms with E-state index < -0.39 is 24.3 Å². The lowest BCUT2D eigenvalue weighted by Gasteiger charge is -2.05. The molecule has 1 aliphatic carbocycles. The number of hydrogen-bond acceptors (Lipinski definition) is 3. The molecule has 0 amide bonds. The van der Waals surface area contributed by atoms with E-state index >= 15 is 0 Å². The van der Waals surface area contributed by atoms with E-state index in [9.17, 15) is 18.0 Å². The van der Waals surface area contributed by atoms with E-state index in [1.165, 1.54) is 6.07 Å². The first kappa shape index (κ1) is 10.8. The van der Waals surface area contributed by atoms with Gasteiger partial charge >= 0.3 is 12.3 Å². The van der Waals surface area contributed by atoms with Crippen LogP contribution in [0.1, 0.15) is 6.42 Å². The second-order valence-corrected chi connectivity index (χ2v) is 3.42. The number of aromatic nitrogens is 2. The third-order valence-electron chi connectivity index (χ3n) is 2.19. The van der Waals surface area contributed by atoms with Crippen LogP contribution in [0.2, 0.25) is 0 Å². The van der Waals surface area contributed by atoms with Crippen molar-refractivity contribution in [3.05, 3.63) is 12.3 Å². The summed E-state index contributed by atoms with van der Waals surface area (Å²) in [6, 6.07) is 1.21. The van der Waals surface area contributed by atoms with Gasteiger partial charge in [-0.1, -0.05) is 0 Å². The first-order valence-electron chi connectivity index (χ1n) is 4.40. The van der Waals surface area contributed by atoms with E-state index in [2.05, 4.69) is 5.10 Å². The molecule has 1 fully saturated rings. The number of rotatable bonds is 2. The summed E-state index contributed by atoms with van der Waals surface area (Å²) in [5, 5.41) is 11.9. The van der Waals surface area contributed by atoms with E-state index in [0.717, 1.165) is 6.20 Å². The number of hydrogen-bond donors (Lipinski definition) is 1. The summed E-state index contributed by atoms with van der Waals surface area (Å²) in [5.41, 5.74) is 0. The fraction of sp³-hybridized carbons (Fsp3) is 0.500. The van der Waals surface area contributed by atoms with Gasteiger partial charge in [0.05, 0.1) is 5.92 Å². The molecule has 1 aliphatic rings. The highest BCUT2D eigenvalue weighted by atomic mass is 19.4. The molecule has 1 aromatic heterocycles. The molecule has 0 spiro atoms. The Labute approximate surface area is 87.4 Å². The van der Waals surface area contributed by atoms with Crippen molar-refractivity contribution in [1.82, 2.24) is 9.78 Å². The van der Waals surface area contributed by atoms with Crippen LogP contribution in [-0.4, -0.2) is 33.3 Å². The Balaban J connectivity index is 1.94. The summed E-state index contributed by atoms with van der Waals surface area (Å²) < 4.78 is 41.8. The van der Waals surface area contributed by atoms with Crippen LogP contribution in [0, 0.1) is 5.92 Å². The predicted molar refractivity (Wildman–Crippen MR) is 44.2 cm³/mol. The molecule has 0 bridgehead atoms. The quantitative estimate of drug-likeness (QED) is 0.849. The van der Waals surface area contributed by atoms with E-state index in [0.29, 0.717) is 4.68 Å². The Morgan fingerprint density at radius 3 is 2.75 bits per heavy atom. The molecular weight excluding hydrogens is 229 g/mol. The molecule has 1 aromatic rings. The lowest BCUT2D eigenvalue weighted by molar-refractivity contribution is -0.153. The Kier molecular flexibility index (Phi) is 2.28. The monoisotopic (exact) mass is 236 g/mol. The van der Waals surface area contributed by atoms with Crippen LogP contribution in [0.25, 0.3) is 0 Å². The highest BCUT2D eigenvalue weighted by Crippen LogP contribution is 2.46. The minimum atomic E-state index is -4.26. The van der Waals surface area contributed by atoms with Crippen LogP contribution in [0.15, 0.2) is 12.3 Å². The Bertz CT molecular complexity index is 415. The first-order chi connectivity index (χ1) is 7.38. The normalized spacial score (nSPS) is 24.2. The number of carboxylic acid groups (broad SMARTS) is 1. The van der Waals surface area contributed by atoms with Crippen LogP contribution < -0.4 is 4.74 Å². The molecule has 1 heterocycles. The van der Waals surface area contributed by atoms with Gasteiger partial charge in [-0.3, -0.25) is 0 Å². The highest BCUT2D eigenvalue weighted by molar-refractivity contribution is 5.66. The summed E-state index contributed by atoms with van der Waals surface area (Å²) >= 11 is 0. The largest absolute Gasteiger partial charge is 0.473 e. The van der Waals surface area contributed by atoms with E-state index in [1.54, 1.807) is 0 Å². The smallest absolute Gasteiger partial charge is 0.432 e. The van der Waals surface area contributed by atoms with Gasteiger partial charge in [0.2, 0.25) is 5.88 Å². The molecule has 1 N–H and O–H groups in total. The Morgan fingerprint density at radius 2 is 2.31 bits per heavy atom. The summed E-state index contributed by atoms with van der Waals surface area (Å²) in [4.78, 5) is 10.4. The topological polar surface area (TPSA) is 64.3 Å². The van der Waals surface area contributed by atoms with Crippen molar-refractivity contribution in [2.24, 2.45) is 5.92 Å². The zero-order chi connectivity index (χ0) is 11.9. The lowest BCUT2D eigenvalue weighted by Crippen LogP contribution is -2.16. The fourth-order valence-corrected chi connectivity index (χ4v) is 1.28. The van der Waals surface area contributed by atoms with Gasteiger partial charge in [-0.05, 0) is 6.42 Å². The van der Waals surface area contributed by atoms with Crippen molar-refractivity contribution < 1.29 is 27.8 Å². The molecule has 2 rings (SSSR count). The molecular formula is C8H7F3N2O3. The van der Waals surface area contributed by atoms with Crippen LogP contribution in [-0.2, 0) is 0 Å². The molecule has 0 saturated heterocycles. The molecule has 1 saturated carbocycles. The van der Waals surface area contributed by atoms with Crippen molar-refractivity contribution in [2.45, 2.75) is 18.7 Å². The van der Waals surface area contributed by atoms with Crippen molar-refractivity contribution in [1.29, 1.82) is 0 Å². The number of carbonyl (C=O) groups is 1. The Morgan fingerprint density at radius 1 is 1.62 bits per heavy atom. The average Bonchev–Trinajstić information content (AvgIpc) is 2.73. The second-order valence-electron chi connectivity index (χ2n) is 3.42. The zero-order valence-corrected chi connectivity index (χ0v) is 7.81. The summed E-state index contributed by atoms with van der Waals surface area (Å²) in [6.07, 6.45) is -5.54. The van der Waals surface area contributed by atoms with Crippen molar-refractivity contribution >= 4 is 6.09 Å². The van der Waals surface area contributed by atoms with Gasteiger partial charge in [-0.25, -0.2) is 4.79 Å². The van der Waals surface area contributed by atoms with Crippen LogP contribution in [0.5, 0.6) is 5.88 Å². The van der Waals surface area contributed by atoms with Gasteiger partial charge < -0.3 is 9.84 Å². The number of alkyl halides is 3. The van der Waals surface area contributed by atoms with Gasteiger partial charge in [0.1, 0.15) is 6.10 Å². The maximum atomic E-state index is 12.1. The molecule has 0 aliphatic heterocycles. The Hall–Kier alpha value is -1.73. The van der Waals surface area contributed by atoms with Crippen molar-refractivity contribution in [2.75, 3.05) is 0 Å². The average molecular weight is 236 g/mol. The minimum Gasteiger partial charge on any atom is -0.473 e. The summed E-state index contributed by atoms with van der Waals surface area (Å²) in [6.45, 7) is 0. The summed E-state index contributed by atoms with van der Waals surface area (Å²) in [7, 11) is 0. The predicted octanol–water partition coefficient (Wildman–Crippen LogP) is 1.74. The lowest BCUT2D eigenvalue weighted by atomic mass is 10.4. The maximum Gasteiger partial charge on any atom is 0.432 e. The molecule has 16 heavy (non-hydrogen) atoms. The highest BCUT2D eigenvalue weighted by Gasteiger charge is 2.57. The van der Waals surface area contributed by atoms with Crippen molar-refractivity contribution in [3.63, 3.8) is 0 Å². The number of halogens is 3. The number of ether oxygens (including phenoxy) is 1. The summed E-state index contributed by atoms with van der Waals surface area (Å²) in [5.74, 6) is -1.58. The third kappa shape index (κ3) is 2.10. The zero-order valence-electron chi connectivity index (χ0n) is 7.81. The van der Waals surface area contributed by atoms with Crippen molar-refractivity contribution in [3.8, 4) is 5.88 Å². The maximum absolute atomic E-state index is 12.1. The second kappa shape index (κ2) is 3.39. The molecule has 2 atom stereocenters. The van der Waals surface area contributed by atoms with Gasteiger partial charge in [0, 0.05) is 12.3 Å². The fourth-order valence-electron chi connectivity index (χ4n) is 1.28. The minimum absolute atomic E-state index is 0.108. The molecule has 5 nitrogen and oxygen atoms in total. The van der Waals surface area contributed by atoms with Gasteiger partial charge in [0.15, 0.2) is 0 Å². The SMILES string of the molecule is O=C(O)n1ccc(O[C@@H]2C[C@H]2C(F)(F)F)n1. The first-order valence-corrected chi connectivity index (χ1v) is 4.40. The van der Waals surface area contributed by atoms with Gasteiger partial charge in [-0.2, -0.15) is 17.9 Å². The van der Waals surface area contributed by atoms with Crippen LogP contribution in [0.3, 0.4) is 0 Å².